The van der Waals surface area contributed by atoms with Gasteiger partial charge in [-0.1, -0.05) is 0 Å². The Kier molecular flexibility index (Phi) is 3.44. The van der Waals surface area contributed by atoms with E-state index in [1.165, 1.54) is 0 Å². The van der Waals surface area contributed by atoms with Gasteiger partial charge in [-0.2, -0.15) is 0 Å². The molecule has 0 radical (unpaired) electrons. The molecule has 0 aliphatic heterocycles. The Morgan fingerprint density at radius 3 is 2.47 bits per heavy atom. The summed E-state index contributed by atoms with van der Waals surface area (Å²) in [5, 5.41) is 8.55. The average Bonchev–Trinajstić information content (AvgIpc) is 2.40. The van der Waals surface area contributed by atoms with Gasteiger partial charge >= 0.3 is 5.97 Å². The molecule has 0 fully saturated rings. The van der Waals surface area contributed by atoms with E-state index >= 15 is 0 Å². The van der Waals surface area contributed by atoms with Crippen LogP contribution in [0.25, 0.3) is 0 Å². The van der Waals surface area contributed by atoms with Gasteiger partial charge in [0.2, 0.25) is 6.43 Å². The maximum absolute atomic E-state index is 12.7. The maximum atomic E-state index is 12.7. The highest BCUT2D eigenvalue weighted by Crippen LogP contribution is 2.29. The van der Waals surface area contributed by atoms with Gasteiger partial charge in [-0.3, -0.25) is 4.79 Å². The van der Waals surface area contributed by atoms with Crippen molar-refractivity contribution in [2.24, 2.45) is 0 Å². The Balaban J connectivity index is 2.98. The minimum atomic E-state index is -2.66. The normalized spacial score (nSPS) is 13.1. The largest absolute Gasteiger partial charge is 0.481 e. The second-order valence-corrected chi connectivity index (χ2v) is 3.57. The Labute approximate surface area is 86.1 Å². The topological polar surface area (TPSA) is 53.1 Å². The summed E-state index contributed by atoms with van der Waals surface area (Å²) in [4.78, 5) is 13.4. The predicted molar refractivity (Wildman–Crippen MR) is 51.3 cm³/mol. The molecule has 0 aliphatic rings. The number of H-pyrrole nitrogens is 1. The molecule has 0 saturated carbocycles. The first-order valence-electron chi connectivity index (χ1n) is 4.58. The van der Waals surface area contributed by atoms with Crippen LogP contribution < -0.4 is 0 Å². The van der Waals surface area contributed by atoms with Gasteiger partial charge in [-0.05, 0) is 25.5 Å². The van der Waals surface area contributed by atoms with Crippen LogP contribution in [0.4, 0.5) is 8.78 Å². The lowest BCUT2D eigenvalue weighted by Gasteiger charge is -2.13. The molecule has 1 aromatic heterocycles. The highest BCUT2D eigenvalue weighted by atomic mass is 19.3. The van der Waals surface area contributed by atoms with Crippen molar-refractivity contribution in [1.82, 2.24) is 4.98 Å². The Bertz CT molecular complexity index is 360. The van der Waals surface area contributed by atoms with Gasteiger partial charge in [-0.15, -0.1) is 0 Å². The van der Waals surface area contributed by atoms with Crippen molar-refractivity contribution in [3.05, 3.63) is 23.0 Å². The molecule has 1 rings (SSSR count). The molecular weight excluding hydrogens is 204 g/mol. The minimum Gasteiger partial charge on any atom is -0.481 e. The van der Waals surface area contributed by atoms with Crippen LogP contribution in [0, 0.1) is 13.8 Å². The van der Waals surface area contributed by atoms with Gasteiger partial charge in [0, 0.05) is 11.4 Å². The summed E-state index contributed by atoms with van der Waals surface area (Å²) < 4.78 is 25.3. The number of nitrogens with one attached hydrogen (secondary N) is 1. The van der Waals surface area contributed by atoms with Crippen molar-refractivity contribution in [1.29, 1.82) is 0 Å². The van der Waals surface area contributed by atoms with Crippen molar-refractivity contribution in [2.45, 2.75) is 32.6 Å². The molecule has 1 heterocycles. The number of hydrogen-bond donors (Lipinski definition) is 2. The molecule has 0 bridgehead atoms. The van der Waals surface area contributed by atoms with Crippen molar-refractivity contribution in [3.8, 4) is 0 Å². The summed E-state index contributed by atoms with van der Waals surface area (Å²) in [5.41, 5.74) is 1.77. The third-order valence-corrected chi connectivity index (χ3v) is 2.29. The summed E-state index contributed by atoms with van der Waals surface area (Å²) in [6, 6.07) is 1.58. The van der Waals surface area contributed by atoms with E-state index < -0.39 is 24.7 Å². The van der Waals surface area contributed by atoms with Crippen LogP contribution in [0.3, 0.4) is 0 Å². The molecule has 0 saturated heterocycles. The monoisotopic (exact) mass is 217 g/mol. The molecule has 2 N–H and O–H groups in total. The van der Waals surface area contributed by atoms with Gasteiger partial charge in [0.15, 0.2) is 0 Å². The van der Waals surface area contributed by atoms with Gasteiger partial charge in [0.1, 0.15) is 0 Å². The predicted octanol–water partition coefficient (Wildman–Crippen LogP) is 2.45. The molecule has 0 amide bonds. The number of aromatic amines is 1. The zero-order chi connectivity index (χ0) is 11.6. The summed E-state index contributed by atoms with van der Waals surface area (Å²) >= 11 is 0. The van der Waals surface area contributed by atoms with Crippen LogP contribution >= 0.6 is 0 Å². The van der Waals surface area contributed by atoms with Gasteiger partial charge in [0.05, 0.1) is 12.3 Å². The number of carbonyl (C=O) groups is 1. The van der Waals surface area contributed by atoms with Crippen molar-refractivity contribution < 1.29 is 18.7 Å². The van der Waals surface area contributed by atoms with Crippen LogP contribution in [0.1, 0.15) is 29.3 Å². The maximum Gasteiger partial charge on any atom is 0.304 e. The van der Waals surface area contributed by atoms with E-state index in [1.54, 1.807) is 19.9 Å². The highest BCUT2D eigenvalue weighted by molar-refractivity contribution is 5.68. The lowest BCUT2D eigenvalue weighted by molar-refractivity contribution is -0.138. The quantitative estimate of drug-likeness (QED) is 0.813. The molecule has 3 nitrogen and oxygen atoms in total. The van der Waals surface area contributed by atoms with Gasteiger partial charge in [-0.25, -0.2) is 8.78 Å². The standard InChI is InChI=1S/C10H13F2NO2/c1-5-3-7(6(2)13-5)8(10(11)12)4-9(14)15/h3,8,10,13H,4H2,1-2H3,(H,14,15). The summed E-state index contributed by atoms with van der Waals surface area (Å²) in [5.74, 6) is -2.44. The molecule has 1 unspecified atom stereocenters. The third-order valence-electron chi connectivity index (χ3n) is 2.29. The molecule has 0 aliphatic carbocycles. The first kappa shape index (κ1) is 11.7. The Morgan fingerprint density at radius 1 is 1.53 bits per heavy atom. The number of carboxylic acid groups (broad SMARTS) is 1. The lowest BCUT2D eigenvalue weighted by atomic mass is 9.96. The third kappa shape index (κ3) is 2.78. The molecule has 0 spiro atoms. The van der Waals surface area contributed by atoms with E-state index in [1.807, 2.05) is 0 Å². The number of alkyl halides is 2. The van der Waals surface area contributed by atoms with Crippen LogP contribution in [0.5, 0.6) is 0 Å². The summed E-state index contributed by atoms with van der Waals surface area (Å²) in [6.45, 7) is 3.42. The van der Waals surface area contributed by atoms with Crippen LogP contribution in [-0.4, -0.2) is 22.5 Å². The number of halogens is 2. The summed E-state index contributed by atoms with van der Waals surface area (Å²) in [7, 11) is 0. The zero-order valence-corrected chi connectivity index (χ0v) is 8.55. The first-order chi connectivity index (χ1) is 6.91. The lowest BCUT2D eigenvalue weighted by Crippen LogP contribution is -2.14. The van der Waals surface area contributed by atoms with Crippen LogP contribution in [-0.2, 0) is 4.79 Å². The van der Waals surface area contributed by atoms with Gasteiger partial charge in [0.25, 0.3) is 0 Å². The smallest absolute Gasteiger partial charge is 0.304 e. The fraction of sp³-hybridized carbons (Fsp3) is 0.500. The van der Waals surface area contributed by atoms with E-state index in [0.717, 1.165) is 5.69 Å². The number of aromatic nitrogens is 1. The number of rotatable bonds is 4. The first-order valence-corrected chi connectivity index (χ1v) is 4.58. The van der Waals surface area contributed by atoms with Crippen molar-refractivity contribution in [3.63, 3.8) is 0 Å². The van der Waals surface area contributed by atoms with Crippen molar-refractivity contribution in [2.75, 3.05) is 0 Å². The second kappa shape index (κ2) is 4.42. The van der Waals surface area contributed by atoms with E-state index in [2.05, 4.69) is 4.98 Å². The minimum absolute atomic E-state index is 0.393. The van der Waals surface area contributed by atoms with Crippen LogP contribution in [0.15, 0.2) is 6.07 Å². The highest BCUT2D eigenvalue weighted by Gasteiger charge is 2.27. The molecule has 15 heavy (non-hydrogen) atoms. The van der Waals surface area contributed by atoms with E-state index in [0.29, 0.717) is 11.3 Å². The zero-order valence-electron chi connectivity index (χ0n) is 8.55. The number of carboxylic acids is 1. The average molecular weight is 217 g/mol. The number of aryl methyl sites for hydroxylation is 2. The van der Waals surface area contributed by atoms with Crippen molar-refractivity contribution >= 4 is 5.97 Å². The molecule has 84 valence electrons. The van der Waals surface area contributed by atoms with E-state index in [9.17, 15) is 13.6 Å². The molecule has 5 heteroatoms. The van der Waals surface area contributed by atoms with Crippen LogP contribution in [0.2, 0.25) is 0 Å². The second-order valence-electron chi connectivity index (χ2n) is 3.57. The fourth-order valence-corrected chi connectivity index (χ4v) is 1.65. The summed E-state index contributed by atoms with van der Waals surface area (Å²) in [6.07, 6.45) is -3.20. The van der Waals surface area contributed by atoms with Gasteiger partial charge < -0.3 is 10.1 Å². The molecular formula is C10H13F2NO2. The molecule has 0 aromatic carbocycles. The SMILES string of the molecule is Cc1cc(C(CC(=O)O)C(F)F)c(C)[nH]1. The molecule has 1 aromatic rings. The fourth-order valence-electron chi connectivity index (χ4n) is 1.65. The van der Waals surface area contributed by atoms with E-state index in [-0.39, 0.29) is 0 Å². The Morgan fingerprint density at radius 2 is 2.13 bits per heavy atom. The Hall–Kier alpha value is -1.39. The molecule has 1 atom stereocenters. The van der Waals surface area contributed by atoms with E-state index in [4.69, 9.17) is 5.11 Å². The number of aliphatic carboxylic acids is 1. The number of hydrogen-bond acceptors (Lipinski definition) is 1.